The molecule has 2 aromatic heterocycles. The lowest BCUT2D eigenvalue weighted by Crippen LogP contribution is -1.92. The minimum absolute atomic E-state index is 0.681. The SMILES string of the molecule is COc1cc(CSCCc2cccnc2)ccn1. The molecule has 0 aliphatic carbocycles. The third kappa shape index (κ3) is 4.04. The summed E-state index contributed by atoms with van der Waals surface area (Å²) in [5.41, 5.74) is 2.54. The van der Waals surface area contributed by atoms with Crippen molar-refractivity contribution in [3.05, 3.63) is 54.0 Å². The molecule has 0 N–H and O–H groups in total. The number of aromatic nitrogens is 2. The lowest BCUT2D eigenvalue weighted by molar-refractivity contribution is 0.397. The van der Waals surface area contributed by atoms with Gasteiger partial charge in [-0.15, -0.1) is 0 Å². The van der Waals surface area contributed by atoms with Crippen LogP contribution in [-0.4, -0.2) is 22.8 Å². The normalized spacial score (nSPS) is 10.3. The standard InChI is InChI=1S/C14H16N2OS/c1-17-14-9-13(4-7-16-14)11-18-8-5-12-3-2-6-15-10-12/h2-4,6-7,9-10H,5,8,11H2,1H3. The van der Waals surface area contributed by atoms with Crippen molar-refractivity contribution in [3.8, 4) is 5.88 Å². The van der Waals surface area contributed by atoms with Crippen molar-refractivity contribution in [1.29, 1.82) is 0 Å². The predicted molar refractivity (Wildman–Crippen MR) is 74.9 cm³/mol. The molecule has 0 aliphatic heterocycles. The highest BCUT2D eigenvalue weighted by atomic mass is 32.2. The Morgan fingerprint density at radius 3 is 2.94 bits per heavy atom. The molecule has 0 amide bonds. The number of nitrogens with zero attached hydrogens (tertiary/aromatic N) is 2. The average Bonchev–Trinajstić information content (AvgIpc) is 2.45. The molecule has 94 valence electrons. The lowest BCUT2D eigenvalue weighted by atomic mass is 10.2. The summed E-state index contributed by atoms with van der Waals surface area (Å²) in [4.78, 5) is 8.20. The van der Waals surface area contributed by atoms with Crippen molar-refractivity contribution >= 4 is 11.8 Å². The van der Waals surface area contributed by atoms with E-state index in [-0.39, 0.29) is 0 Å². The van der Waals surface area contributed by atoms with Crippen molar-refractivity contribution in [2.24, 2.45) is 0 Å². The Balaban J connectivity index is 1.75. The molecule has 0 radical (unpaired) electrons. The summed E-state index contributed by atoms with van der Waals surface area (Å²) in [5, 5.41) is 0. The Kier molecular flexibility index (Phi) is 5.02. The molecule has 0 saturated heterocycles. The van der Waals surface area contributed by atoms with E-state index >= 15 is 0 Å². The minimum atomic E-state index is 0.681. The Morgan fingerprint density at radius 1 is 1.22 bits per heavy atom. The fraction of sp³-hybridized carbons (Fsp3) is 0.286. The first-order chi connectivity index (χ1) is 8.88. The van der Waals surface area contributed by atoms with Crippen LogP contribution in [0.25, 0.3) is 0 Å². The van der Waals surface area contributed by atoms with Gasteiger partial charge in [0.2, 0.25) is 5.88 Å². The van der Waals surface area contributed by atoms with E-state index < -0.39 is 0 Å². The van der Waals surface area contributed by atoms with Gasteiger partial charge in [0.15, 0.2) is 0 Å². The zero-order chi connectivity index (χ0) is 12.6. The van der Waals surface area contributed by atoms with E-state index in [4.69, 9.17) is 4.74 Å². The molecule has 0 fully saturated rings. The van der Waals surface area contributed by atoms with Crippen LogP contribution in [0.15, 0.2) is 42.9 Å². The zero-order valence-electron chi connectivity index (χ0n) is 10.4. The highest BCUT2D eigenvalue weighted by Gasteiger charge is 1.98. The summed E-state index contributed by atoms with van der Waals surface area (Å²) in [6.07, 6.45) is 6.58. The molecule has 2 heterocycles. The maximum atomic E-state index is 5.10. The number of thioether (sulfide) groups is 1. The van der Waals surface area contributed by atoms with Crippen molar-refractivity contribution < 1.29 is 4.74 Å². The summed E-state index contributed by atoms with van der Waals surface area (Å²) >= 11 is 1.91. The second-order valence-electron chi connectivity index (χ2n) is 3.87. The van der Waals surface area contributed by atoms with Crippen LogP contribution in [0.4, 0.5) is 0 Å². The molecule has 0 aliphatic rings. The molecular formula is C14H16N2OS. The molecule has 0 aromatic carbocycles. The fourth-order valence-electron chi connectivity index (χ4n) is 1.58. The largest absolute Gasteiger partial charge is 0.481 e. The monoisotopic (exact) mass is 260 g/mol. The van der Waals surface area contributed by atoms with E-state index in [9.17, 15) is 0 Å². The van der Waals surface area contributed by atoms with Crippen molar-refractivity contribution in [2.75, 3.05) is 12.9 Å². The van der Waals surface area contributed by atoms with Crippen LogP contribution in [-0.2, 0) is 12.2 Å². The van der Waals surface area contributed by atoms with Gasteiger partial charge in [-0.25, -0.2) is 4.98 Å². The average molecular weight is 260 g/mol. The summed E-state index contributed by atoms with van der Waals surface area (Å²) in [5.74, 6) is 2.76. The van der Waals surface area contributed by atoms with Crippen LogP contribution in [0.3, 0.4) is 0 Å². The van der Waals surface area contributed by atoms with E-state index in [0.29, 0.717) is 5.88 Å². The number of aryl methyl sites for hydroxylation is 1. The zero-order valence-corrected chi connectivity index (χ0v) is 11.2. The second kappa shape index (κ2) is 7.01. The van der Waals surface area contributed by atoms with Gasteiger partial charge in [-0.3, -0.25) is 4.98 Å². The third-order valence-corrected chi connectivity index (χ3v) is 3.57. The highest BCUT2D eigenvalue weighted by molar-refractivity contribution is 7.98. The summed E-state index contributed by atoms with van der Waals surface area (Å²) in [7, 11) is 1.64. The van der Waals surface area contributed by atoms with E-state index in [1.807, 2.05) is 36.2 Å². The number of hydrogen-bond donors (Lipinski definition) is 0. The van der Waals surface area contributed by atoms with Gasteiger partial charge in [0.05, 0.1) is 7.11 Å². The van der Waals surface area contributed by atoms with Gasteiger partial charge in [0.1, 0.15) is 0 Å². The molecule has 2 rings (SSSR count). The fourth-order valence-corrected chi connectivity index (χ4v) is 2.52. The van der Waals surface area contributed by atoms with Gasteiger partial charge in [0.25, 0.3) is 0 Å². The van der Waals surface area contributed by atoms with E-state index in [1.165, 1.54) is 11.1 Å². The van der Waals surface area contributed by atoms with Crippen LogP contribution in [0, 0.1) is 0 Å². The van der Waals surface area contributed by atoms with Gasteiger partial charge in [0, 0.05) is 30.4 Å². The maximum absolute atomic E-state index is 5.10. The van der Waals surface area contributed by atoms with Gasteiger partial charge in [-0.1, -0.05) is 6.07 Å². The molecule has 0 bridgehead atoms. The molecule has 0 unspecified atom stereocenters. The molecular weight excluding hydrogens is 244 g/mol. The first-order valence-electron chi connectivity index (χ1n) is 5.84. The number of methoxy groups -OCH3 is 1. The van der Waals surface area contributed by atoms with Crippen LogP contribution < -0.4 is 4.74 Å². The molecule has 4 heteroatoms. The Labute approximate surface area is 112 Å². The van der Waals surface area contributed by atoms with Gasteiger partial charge >= 0.3 is 0 Å². The van der Waals surface area contributed by atoms with Crippen molar-refractivity contribution in [2.45, 2.75) is 12.2 Å². The Morgan fingerprint density at radius 2 is 2.17 bits per heavy atom. The van der Waals surface area contributed by atoms with Gasteiger partial charge in [-0.05, 0) is 35.4 Å². The van der Waals surface area contributed by atoms with Crippen LogP contribution >= 0.6 is 11.8 Å². The Hall–Kier alpha value is -1.55. The highest BCUT2D eigenvalue weighted by Crippen LogP contribution is 2.16. The number of ether oxygens (including phenoxy) is 1. The van der Waals surface area contributed by atoms with Crippen molar-refractivity contribution in [1.82, 2.24) is 9.97 Å². The summed E-state index contributed by atoms with van der Waals surface area (Å²) in [6.45, 7) is 0. The smallest absolute Gasteiger partial charge is 0.213 e. The summed E-state index contributed by atoms with van der Waals surface area (Å²) in [6, 6.07) is 8.10. The molecule has 0 spiro atoms. The van der Waals surface area contributed by atoms with Crippen LogP contribution in [0.5, 0.6) is 5.88 Å². The number of rotatable bonds is 6. The number of pyridine rings is 2. The van der Waals surface area contributed by atoms with Gasteiger partial charge < -0.3 is 4.74 Å². The first kappa shape index (κ1) is 12.9. The summed E-state index contributed by atoms with van der Waals surface area (Å²) < 4.78 is 5.10. The quantitative estimate of drug-likeness (QED) is 0.748. The Bertz CT molecular complexity index is 476. The van der Waals surface area contributed by atoms with E-state index in [2.05, 4.69) is 16.0 Å². The first-order valence-corrected chi connectivity index (χ1v) is 6.99. The second-order valence-corrected chi connectivity index (χ2v) is 4.98. The molecule has 18 heavy (non-hydrogen) atoms. The maximum Gasteiger partial charge on any atom is 0.213 e. The molecule has 0 saturated carbocycles. The van der Waals surface area contributed by atoms with Crippen molar-refractivity contribution in [3.63, 3.8) is 0 Å². The minimum Gasteiger partial charge on any atom is -0.481 e. The van der Waals surface area contributed by atoms with Crippen LogP contribution in [0.2, 0.25) is 0 Å². The van der Waals surface area contributed by atoms with E-state index in [0.717, 1.165) is 17.9 Å². The van der Waals surface area contributed by atoms with E-state index in [1.54, 1.807) is 19.5 Å². The number of hydrogen-bond acceptors (Lipinski definition) is 4. The predicted octanol–water partition coefficient (Wildman–Crippen LogP) is 2.96. The topological polar surface area (TPSA) is 35.0 Å². The third-order valence-electron chi connectivity index (χ3n) is 2.53. The van der Waals surface area contributed by atoms with Gasteiger partial charge in [-0.2, -0.15) is 11.8 Å². The molecule has 0 atom stereocenters. The lowest BCUT2D eigenvalue weighted by Gasteiger charge is -2.04. The molecule has 2 aromatic rings. The van der Waals surface area contributed by atoms with Crippen LogP contribution in [0.1, 0.15) is 11.1 Å². The molecule has 3 nitrogen and oxygen atoms in total.